The van der Waals surface area contributed by atoms with Crippen LogP contribution in [-0.2, 0) is 16.4 Å². The molecule has 0 atom stereocenters. The Bertz CT molecular complexity index is 1210. The number of carbonyl (C=O) groups excluding carboxylic acids is 1. The molecule has 0 aromatic heterocycles. The van der Waals surface area contributed by atoms with E-state index in [1.807, 2.05) is 0 Å². The second-order valence-corrected chi connectivity index (χ2v) is 8.49. The SMILES string of the molecule is O=C(NCCc1ccc(F)cc1)c1ccccc1NS(=O)(=O)c1ccc(OC(F)(F)F)cc1. The molecule has 11 heteroatoms. The highest BCUT2D eigenvalue weighted by Crippen LogP contribution is 2.25. The van der Waals surface area contributed by atoms with Crippen LogP contribution in [0.5, 0.6) is 5.75 Å². The predicted molar refractivity (Wildman–Crippen MR) is 113 cm³/mol. The van der Waals surface area contributed by atoms with Gasteiger partial charge in [-0.3, -0.25) is 9.52 Å². The Labute approximate surface area is 187 Å². The summed E-state index contributed by atoms with van der Waals surface area (Å²) in [5, 5.41) is 2.67. The van der Waals surface area contributed by atoms with Crippen LogP contribution in [0.15, 0.2) is 77.7 Å². The third-order valence-corrected chi connectivity index (χ3v) is 5.78. The quantitative estimate of drug-likeness (QED) is 0.463. The zero-order chi connectivity index (χ0) is 24.1. The molecule has 0 aliphatic carbocycles. The Morgan fingerprint density at radius 3 is 2.18 bits per heavy atom. The molecule has 174 valence electrons. The Hall–Kier alpha value is -3.60. The summed E-state index contributed by atoms with van der Waals surface area (Å²) in [4.78, 5) is 12.3. The number of carbonyl (C=O) groups is 1. The van der Waals surface area contributed by atoms with Gasteiger partial charge in [0.15, 0.2) is 0 Å². The lowest BCUT2D eigenvalue weighted by Crippen LogP contribution is -2.27. The highest BCUT2D eigenvalue weighted by atomic mass is 32.2. The molecule has 0 saturated carbocycles. The van der Waals surface area contributed by atoms with Crippen molar-refractivity contribution >= 4 is 21.6 Å². The number of alkyl halides is 3. The maximum atomic E-state index is 13.0. The molecule has 0 aliphatic rings. The Balaban J connectivity index is 1.68. The van der Waals surface area contributed by atoms with E-state index in [0.29, 0.717) is 6.42 Å². The van der Waals surface area contributed by atoms with Gasteiger partial charge in [-0.2, -0.15) is 0 Å². The molecule has 0 bridgehead atoms. The summed E-state index contributed by atoms with van der Waals surface area (Å²) in [6, 6.07) is 15.3. The number of amides is 1. The van der Waals surface area contributed by atoms with Gasteiger partial charge in [0.25, 0.3) is 15.9 Å². The molecule has 0 aliphatic heterocycles. The lowest BCUT2D eigenvalue weighted by Gasteiger charge is -2.13. The van der Waals surface area contributed by atoms with E-state index in [-0.39, 0.29) is 28.5 Å². The number of rotatable bonds is 8. The molecular formula is C22H18F4N2O4S. The number of anilines is 1. The molecule has 0 radical (unpaired) electrons. The summed E-state index contributed by atoms with van der Waals surface area (Å²) >= 11 is 0. The smallest absolute Gasteiger partial charge is 0.406 e. The topological polar surface area (TPSA) is 84.5 Å². The molecule has 0 saturated heterocycles. The lowest BCUT2D eigenvalue weighted by atomic mass is 10.1. The molecular weight excluding hydrogens is 464 g/mol. The molecule has 33 heavy (non-hydrogen) atoms. The van der Waals surface area contributed by atoms with Crippen LogP contribution in [0, 0.1) is 5.82 Å². The normalized spacial score (nSPS) is 11.6. The van der Waals surface area contributed by atoms with Crippen LogP contribution < -0.4 is 14.8 Å². The fraction of sp³-hybridized carbons (Fsp3) is 0.136. The minimum atomic E-state index is -4.90. The fourth-order valence-electron chi connectivity index (χ4n) is 2.86. The first-order chi connectivity index (χ1) is 15.5. The summed E-state index contributed by atoms with van der Waals surface area (Å²) in [5.74, 6) is -1.47. The first kappa shape index (κ1) is 24.1. The van der Waals surface area contributed by atoms with Gasteiger partial charge in [-0.05, 0) is 60.5 Å². The molecule has 1 amide bonds. The first-order valence-corrected chi connectivity index (χ1v) is 11.0. The van der Waals surface area contributed by atoms with Gasteiger partial charge in [0.1, 0.15) is 11.6 Å². The molecule has 3 aromatic carbocycles. The molecule has 0 fully saturated rings. The van der Waals surface area contributed by atoms with E-state index in [4.69, 9.17) is 0 Å². The van der Waals surface area contributed by atoms with Gasteiger partial charge in [0.2, 0.25) is 0 Å². The Morgan fingerprint density at radius 1 is 0.909 bits per heavy atom. The van der Waals surface area contributed by atoms with E-state index in [1.54, 1.807) is 18.2 Å². The number of para-hydroxylation sites is 1. The van der Waals surface area contributed by atoms with E-state index in [1.165, 1.54) is 30.3 Å². The number of hydrogen-bond acceptors (Lipinski definition) is 4. The van der Waals surface area contributed by atoms with Gasteiger partial charge in [-0.15, -0.1) is 13.2 Å². The van der Waals surface area contributed by atoms with Crippen LogP contribution in [0.1, 0.15) is 15.9 Å². The van der Waals surface area contributed by atoms with E-state index < -0.39 is 28.0 Å². The Morgan fingerprint density at radius 2 is 1.55 bits per heavy atom. The maximum absolute atomic E-state index is 13.0. The second-order valence-electron chi connectivity index (χ2n) is 6.80. The van der Waals surface area contributed by atoms with Crippen LogP contribution in [0.25, 0.3) is 0 Å². The second kappa shape index (κ2) is 9.90. The van der Waals surface area contributed by atoms with Gasteiger partial charge >= 0.3 is 6.36 Å². The van der Waals surface area contributed by atoms with Crippen molar-refractivity contribution in [3.8, 4) is 5.75 Å². The summed E-state index contributed by atoms with van der Waals surface area (Å²) in [7, 11) is -4.20. The van der Waals surface area contributed by atoms with E-state index >= 15 is 0 Å². The number of ether oxygens (including phenoxy) is 1. The maximum Gasteiger partial charge on any atom is 0.573 e. The monoisotopic (exact) mass is 482 g/mol. The molecule has 3 aromatic rings. The predicted octanol–water partition coefficient (Wildman–Crippen LogP) is 4.50. The molecule has 0 spiro atoms. The molecule has 2 N–H and O–H groups in total. The van der Waals surface area contributed by atoms with Crippen LogP contribution in [-0.4, -0.2) is 27.2 Å². The van der Waals surface area contributed by atoms with Crippen molar-refractivity contribution in [2.75, 3.05) is 11.3 Å². The minimum Gasteiger partial charge on any atom is -0.406 e. The van der Waals surface area contributed by atoms with E-state index in [0.717, 1.165) is 29.8 Å². The van der Waals surface area contributed by atoms with Crippen molar-refractivity contribution in [2.45, 2.75) is 17.7 Å². The van der Waals surface area contributed by atoms with Gasteiger partial charge in [0.05, 0.1) is 16.1 Å². The van der Waals surface area contributed by atoms with Crippen molar-refractivity contribution in [2.24, 2.45) is 0 Å². The van der Waals surface area contributed by atoms with Crippen LogP contribution in [0.3, 0.4) is 0 Å². The number of sulfonamides is 1. The Kier molecular flexibility index (Phi) is 7.22. The van der Waals surface area contributed by atoms with Crippen molar-refractivity contribution in [3.63, 3.8) is 0 Å². The standard InChI is InChI=1S/C22H18F4N2O4S/c23-16-7-5-15(6-8-16)13-14-27-21(29)19-3-1-2-4-20(19)28-33(30,31)18-11-9-17(10-12-18)32-22(24,25)26/h1-12,28H,13-14H2,(H,27,29). The number of halogens is 4. The van der Waals surface area contributed by atoms with Gasteiger partial charge in [-0.25, -0.2) is 12.8 Å². The highest BCUT2D eigenvalue weighted by Gasteiger charge is 2.31. The summed E-state index contributed by atoms with van der Waals surface area (Å²) < 4.78 is 81.1. The number of nitrogens with one attached hydrogen (secondary N) is 2. The van der Waals surface area contributed by atoms with Crippen molar-refractivity contribution in [3.05, 3.63) is 89.7 Å². The third-order valence-electron chi connectivity index (χ3n) is 4.40. The average molecular weight is 482 g/mol. The average Bonchev–Trinajstić information content (AvgIpc) is 2.74. The van der Waals surface area contributed by atoms with Crippen molar-refractivity contribution in [1.29, 1.82) is 0 Å². The van der Waals surface area contributed by atoms with Gasteiger partial charge in [-0.1, -0.05) is 24.3 Å². The van der Waals surface area contributed by atoms with E-state index in [9.17, 15) is 30.8 Å². The minimum absolute atomic E-state index is 0.00704. The van der Waals surface area contributed by atoms with Gasteiger partial charge < -0.3 is 10.1 Å². The highest BCUT2D eigenvalue weighted by molar-refractivity contribution is 7.92. The van der Waals surface area contributed by atoms with Crippen molar-refractivity contribution < 1.29 is 35.5 Å². The van der Waals surface area contributed by atoms with Crippen LogP contribution >= 0.6 is 0 Å². The molecule has 0 unspecified atom stereocenters. The van der Waals surface area contributed by atoms with Gasteiger partial charge in [0, 0.05) is 6.54 Å². The van der Waals surface area contributed by atoms with E-state index in [2.05, 4.69) is 14.8 Å². The van der Waals surface area contributed by atoms with Crippen molar-refractivity contribution in [1.82, 2.24) is 5.32 Å². The summed E-state index contributed by atoms with van der Waals surface area (Å²) in [6.45, 7) is 0.228. The third kappa shape index (κ3) is 6.94. The molecule has 3 rings (SSSR count). The molecule has 0 heterocycles. The lowest BCUT2D eigenvalue weighted by molar-refractivity contribution is -0.274. The zero-order valence-corrected chi connectivity index (χ0v) is 17.7. The van der Waals surface area contributed by atoms with Crippen LogP contribution in [0.4, 0.5) is 23.2 Å². The summed E-state index contributed by atoms with van der Waals surface area (Å²) in [6.07, 6.45) is -4.46. The van der Waals surface area contributed by atoms with Crippen LogP contribution in [0.2, 0.25) is 0 Å². The summed E-state index contributed by atoms with van der Waals surface area (Å²) in [5.41, 5.74) is 0.855. The molecule has 6 nitrogen and oxygen atoms in total. The number of benzene rings is 3. The first-order valence-electron chi connectivity index (χ1n) is 9.54. The largest absolute Gasteiger partial charge is 0.573 e. The number of hydrogen-bond donors (Lipinski definition) is 2. The fourth-order valence-corrected chi connectivity index (χ4v) is 3.94. The zero-order valence-electron chi connectivity index (χ0n) is 16.9.